The van der Waals surface area contributed by atoms with Crippen molar-refractivity contribution in [3.8, 4) is 0 Å². The van der Waals surface area contributed by atoms with Gasteiger partial charge in [-0.25, -0.2) is 9.97 Å². The minimum Gasteiger partial charge on any atom is -0.353 e. The van der Waals surface area contributed by atoms with E-state index < -0.39 is 11.7 Å². The van der Waals surface area contributed by atoms with E-state index in [1.807, 2.05) is 24.3 Å². The monoisotopic (exact) mass is 322 g/mol. The van der Waals surface area contributed by atoms with Crippen LogP contribution in [0.3, 0.4) is 0 Å². The molecule has 0 saturated carbocycles. The summed E-state index contributed by atoms with van der Waals surface area (Å²) in [7, 11) is 0. The summed E-state index contributed by atoms with van der Waals surface area (Å²) in [5.41, 5.74) is 0.535. The van der Waals surface area contributed by atoms with Crippen LogP contribution < -0.4 is 5.32 Å². The summed E-state index contributed by atoms with van der Waals surface area (Å²) >= 11 is 0. The minimum atomic E-state index is -4.44. The van der Waals surface area contributed by atoms with E-state index in [-0.39, 0.29) is 11.7 Å². The fourth-order valence-corrected chi connectivity index (χ4v) is 2.81. The first-order chi connectivity index (χ1) is 11.0. The molecule has 0 spiro atoms. The van der Waals surface area contributed by atoms with Gasteiger partial charge in [-0.05, 0) is 12.1 Å². The van der Waals surface area contributed by atoms with E-state index in [4.69, 9.17) is 4.74 Å². The van der Waals surface area contributed by atoms with E-state index in [2.05, 4.69) is 20.2 Å². The Morgan fingerprint density at radius 1 is 1.22 bits per heavy atom. The summed E-state index contributed by atoms with van der Waals surface area (Å²) in [6.07, 6.45) is -2.91. The van der Waals surface area contributed by atoms with Crippen molar-refractivity contribution >= 4 is 11.6 Å². The molecule has 23 heavy (non-hydrogen) atoms. The molecule has 1 aromatic carbocycles. The van der Waals surface area contributed by atoms with Crippen LogP contribution in [-0.4, -0.2) is 34.6 Å². The molecule has 1 N–H and O–H groups in total. The van der Waals surface area contributed by atoms with Crippen molar-refractivity contribution in [2.45, 2.75) is 11.9 Å². The van der Waals surface area contributed by atoms with Gasteiger partial charge in [0.2, 0.25) is 5.95 Å². The summed E-state index contributed by atoms with van der Waals surface area (Å²) in [6.45, 7) is 2.49. The van der Waals surface area contributed by atoms with Gasteiger partial charge >= 0.3 is 6.18 Å². The zero-order chi connectivity index (χ0) is 16.1. The highest BCUT2D eigenvalue weighted by Crippen LogP contribution is 2.47. The number of halogens is 3. The zero-order valence-electron chi connectivity index (χ0n) is 12.0. The molecule has 2 atom stereocenters. The maximum atomic E-state index is 12.5. The summed E-state index contributed by atoms with van der Waals surface area (Å²) in [6, 6.07) is 7.56. The van der Waals surface area contributed by atoms with E-state index in [0.29, 0.717) is 12.3 Å². The lowest BCUT2D eigenvalue weighted by Gasteiger charge is -2.13. The van der Waals surface area contributed by atoms with Crippen LogP contribution >= 0.6 is 0 Å². The van der Waals surface area contributed by atoms with Gasteiger partial charge in [-0.15, -0.1) is 0 Å². The molecule has 2 unspecified atom stereocenters. The fraction of sp³-hybridized carbons (Fsp3) is 0.333. The number of hydrogen-bond donors (Lipinski definition) is 1. The molecule has 0 radical (unpaired) electrons. The van der Waals surface area contributed by atoms with Crippen LogP contribution in [0.4, 0.5) is 24.8 Å². The van der Waals surface area contributed by atoms with Gasteiger partial charge in [0, 0.05) is 36.7 Å². The third-order valence-corrected chi connectivity index (χ3v) is 4.06. The van der Waals surface area contributed by atoms with E-state index in [0.717, 1.165) is 31.0 Å². The van der Waals surface area contributed by atoms with Crippen molar-refractivity contribution in [3.63, 3.8) is 0 Å². The number of hydrogen-bond acceptors (Lipinski definition) is 5. The second-order valence-electron chi connectivity index (χ2n) is 5.55. The number of nitrogens with zero attached hydrogens (tertiary/aromatic N) is 3. The van der Waals surface area contributed by atoms with Crippen molar-refractivity contribution in [1.82, 2.24) is 14.9 Å². The molecule has 120 valence electrons. The normalized spacial score (nSPS) is 26.0. The number of rotatable bonds is 3. The summed E-state index contributed by atoms with van der Waals surface area (Å²) in [4.78, 5) is 9.65. The quantitative estimate of drug-likeness (QED) is 0.881. The van der Waals surface area contributed by atoms with Crippen molar-refractivity contribution in [2.24, 2.45) is 0 Å². The lowest BCUT2D eigenvalue weighted by molar-refractivity contribution is -0.138. The lowest BCUT2D eigenvalue weighted by atomic mass is 10.1. The largest absolute Gasteiger partial charge is 0.419 e. The average molecular weight is 322 g/mol. The first-order valence-corrected chi connectivity index (χ1v) is 7.13. The third-order valence-electron chi connectivity index (χ3n) is 4.06. The molecule has 4 rings (SSSR count). The van der Waals surface area contributed by atoms with Gasteiger partial charge < -0.3 is 10.1 Å². The van der Waals surface area contributed by atoms with Gasteiger partial charge in [-0.1, -0.05) is 12.1 Å². The van der Waals surface area contributed by atoms with Crippen molar-refractivity contribution < 1.29 is 17.9 Å². The predicted octanol–water partition coefficient (Wildman–Crippen LogP) is 2.74. The Hall–Kier alpha value is -2.19. The lowest BCUT2D eigenvalue weighted by Crippen LogP contribution is -2.12. The fourth-order valence-electron chi connectivity index (χ4n) is 2.81. The molecular weight excluding hydrogens is 309 g/mol. The van der Waals surface area contributed by atoms with Crippen LogP contribution in [0.15, 0.2) is 36.7 Å². The van der Waals surface area contributed by atoms with E-state index in [1.54, 1.807) is 0 Å². The Morgan fingerprint density at radius 3 is 2.61 bits per heavy atom. The van der Waals surface area contributed by atoms with E-state index in [9.17, 15) is 13.2 Å². The Morgan fingerprint density at radius 2 is 2.00 bits per heavy atom. The van der Waals surface area contributed by atoms with Crippen LogP contribution in [0.25, 0.3) is 0 Å². The van der Waals surface area contributed by atoms with Crippen molar-refractivity contribution in [2.75, 3.05) is 25.0 Å². The zero-order valence-corrected chi connectivity index (χ0v) is 12.0. The summed E-state index contributed by atoms with van der Waals surface area (Å²) in [5, 5.41) is 2.92. The molecule has 3 heterocycles. The highest BCUT2D eigenvalue weighted by Gasteiger charge is 2.58. The second-order valence-corrected chi connectivity index (χ2v) is 5.55. The Labute approximate surface area is 130 Å². The number of alkyl halides is 3. The molecule has 0 amide bonds. The molecule has 2 aliphatic heterocycles. The van der Waals surface area contributed by atoms with Gasteiger partial charge in [0.25, 0.3) is 0 Å². The Kier molecular flexibility index (Phi) is 3.07. The van der Waals surface area contributed by atoms with Crippen LogP contribution in [0.5, 0.6) is 0 Å². The molecule has 2 fully saturated rings. The topological polar surface area (TPSA) is 50.0 Å². The number of anilines is 2. The number of morpholine rings is 1. The smallest absolute Gasteiger partial charge is 0.353 e. The standard InChI is InChI=1S/C15H13F3N4O/c16-15(17,18)11-7-19-13(20-8-11)21-12-3-1-2-10(6-12)14-9-22(14)4-5-23-14/h1-3,6-8H,4-5,9H2,(H,19,20,21). The first kappa shape index (κ1) is 14.4. The highest BCUT2D eigenvalue weighted by atomic mass is 19.4. The highest BCUT2D eigenvalue weighted by molar-refractivity contribution is 5.55. The number of fused-ring (bicyclic) bond motifs is 1. The molecule has 2 aromatic rings. The number of ether oxygens (including phenoxy) is 1. The van der Waals surface area contributed by atoms with E-state index in [1.165, 1.54) is 0 Å². The Balaban J connectivity index is 1.53. The molecule has 5 nitrogen and oxygen atoms in total. The van der Waals surface area contributed by atoms with Crippen molar-refractivity contribution in [1.29, 1.82) is 0 Å². The van der Waals surface area contributed by atoms with Gasteiger partial charge in [0.1, 0.15) is 0 Å². The molecule has 2 aliphatic rings. The number of aromatic nitrogens is 2. The number of nitrogens with one attached hydrogen (secondary N) is 1. The molecule has 0 aliphatic carbocycles. The van der Waals surface area contributed by atoms with Crippen LogP contribution in [0.2, 0.25) is 0 Å². The first-order valence-electron chi connectivity index (χ1n) is 7.13. The van der Waals surface area contributed by atoms with Gasteiger partial charge in [-0.2, -0.15) is 13.2 Å². The summed E-state index contributed by atoms with van der Waals surface area (Å²) < 4.78 is 43.3. The van der Waals surface area contributed by atoms with Crippen LogP contribution in [0, 0.1) is 0 Å². The van der Waals surface area contributed by atoms with Crippen molar-refractivity contribution in [3.05, 3.63) is 47.8 Å². The second kappa shape index (κ2) is 4.90. The molecular formula is C15H13F3N4O. The van der Waals surface area contributed by atoms with Crippen LogP contribution in [-0.2, 0) is 16.6 Å². The minimum absolute atomic E-state index is 0.118. The number of benzene rings is 1. The Bertz CT molecular complexity index is 734. The maximum absolute atomic E-state index is 12.5. The predicted molar refractivity (Wildman–Crippen MR) is 76.0 cm³/mol. The van der Waals surface area contributed by atoms with E-state index >= 15 is 0 Å². The third kappa shape index (κ3) is 2.53. The van der Waals surface area contributed by atoms with Gasteiger partial charge in [-0.3, -0.25) is 4.90 Å². The summed E-state index contributed by atoms with van der Waals surface area (Å²) in [5.74, 6) is 0.118. The molecule has 2 saturated heterocycles. The van der Waals surface area contributed by atoms with Gasteiger partial charge in [0.15, 0.2) is 5.72 Å². The SMILES string of the molecule is FC(F)(F)c1cnc(Nc2cccc(C34CN3CCO4)c2)nc1. The average Bonchev–Trinajstić information content (AvgIpc) is 3.09. The molecule has 0 bridgehead atoms. The maximum Gasteiger partial charge on any atom is 0.419 e. The van der Waals surface area contributed by atoms with Crippen LogP contribution in [0.1, 0.15) is 11.1 Å². The molecule has 8 heteroatoms. The molecule has 1 aromatic heterocycles. The van der Waals surface area contributed by atoms with Gasteiger partial charge in [0.05, 0.1) is 12.2 Å².